The minimum absolute atomic E-state index is 0.00382. The largest absolute Gasteiger partial charge is 0.481 e. The molecular formula is C14H25NO4. The summed E-state index contributed by atoms with van der Waals surface area (Å²) < 4.78 is 5.60. The van der Waals surface area contributed by atoms with Crippen molar-refractivity contribution in [3.8, 4) is 0 Å². The molecule has 1 amide bonds. The number of carboxylic acids is 1. The van der Waals surface area contributed by atoms with Crippen LogP contribution in [0.1, 0.15) is 52.4 Å². The van der Waals surface area contributed by atoms with E-state index in [-0.39, 0.29) is 31.0 Å². The molecule has 110 valence electrons. The zero-order chi connectivity index (χ0) is 14.3. The zero-order valence-electron chi connectivity index (χ0n) is 11.9. The smallest absolute Gasteiger partial charge is 0.305 e. The number of rotatable bonds is 7. The molecule has 5 heteroatoms. The highest BCUT2D eigenvalue weighted by atomic mass is 16.5. The molecule has 1 N–H and O–H groups in total. The third kappa shape index (κ3) is 6.05. The van der Waals surface area contributed by atoms with E-state index in [1.165, 1.54) is 6.42 Å². The van der Waals surface area contributed by atoms with Crippen LogP contribution >= 0.6 is 0 Å². The molecule has 1 heterocycles. The van der Waals surface area contributed by atoms with E-state index < -0.39 is 5.97 Å². The molecule has 19 heavy (non-hydrogen) atoms. The van der Waals surface area contributed by atoms with Gasteiger partial charge in [-0.25, -0.2) is 0 Å². The molecule has 1 unspecified atom stereocenters. The number of hydrogen-bond acceptors (Lipinski definition) is 3. The number of carboxylic acid groups (broad SMARTS) is 1. The predicted molar refractivity (Wildman–Crippen MR) is 71.9 cm³/mol. The number of carbonyl (C=O) groups is 2. The maximum Gasteiger partial charge on any atom is 0.305 e. The fraction of sp³-hybridized carbons (Fsp3) is 0.857. The third-order valence-electron chi connectivity index (χ3n) is 3.46. The van der Waals surface area contributed by atoms with Gasteiger partial charge in [-0.2, -0.15) is 0 Å². The highest BCUT2D eigenvalue weighted by Crippen LogP contribution is 2.18. The topological polar surface area (TPSA) is 66.8 Å². The molecule has 5 nitrogen and oxygen atoms in total. The highest BCUT2D eigenvalue weighted by Gasteiger charge is 2.20. The van der Waals surface area contributed by atoms with E-state index in [9.17, 15) is 9.59 Å². The van der Waals surface area contributed by atoms with Gasteiger partial charge >= 0.3 is 5.97 Å². The molecule has 1 rings (SSSR count). The quantitative estimate of drug-likeness (QED) is 0.769. The first-order valence-corrected chi connectivity index (χ1v) is 7.13. The van der Waals surface area contributed by atoms with Crippen LogP contribution in [0.15, 0.2) is 0 Å². The highest BCUT2D eigenvalue weighted by molar-refractivity contribution is 5.77. The zero-order valence-corrected chi connectivity index (χ0v) is 11.9. The number of amides is 1. The number of nitrogens with zero attached hydrogens (tertiary/aromatic N) is 1. The molecule has 0 aliphatic carbocycles. The van der Waals surface area contributed by atoms with Crippen molar-refractivity contribution in [3.63, 3.8) is 0 Å². The molecule has 0 bridgehead atoms. The van der Waals surface area contributed by atoms with Gasteiger partial charge in [0, 0.05) is 25.6 Å². The average molecular weight is 271 g/mol. The lowest BCUT2D eigenvalue weighted by atomic mass is 10.0. The van der Waals surface area contributed by atoms with E-state index in [0.29, 0.717) is 6.42 Å². The Hall–Kier alpha value is -1.10. The molecule has 0 saturated carbocycles. The van der Waals surface area contributed by atoms with Crippen molar-refractivity contribution in [2.45, 2.75) is 64.5 Å². The molecule has 0 aromatic carbocycles. The molecule has 1 atom stereocenters. The number of aliphatic carboxylic acids is 1. The summed E-state index contributed by atoms with van der Waals surface area (Å²) in [6.07, 6.45) is 4.71. The van der Waals surface area contributed by atoms with E-state index in [2.05, 4.69) is 0 Å². The molecule has 1 saturated heterocycles. The van der Waals surface area contributed by atoms with E-state index in [0.717, 1.165) is 25.9 Å². The maximum atomic E-state index is 12.1. The van der Waals surface area contributed by atoms with Crippen LogP contribution < -0.4 is 0 Å². The van der Waals surface area contributed by atoms with Crippen LogP contribution in [0.25, 0.3) is 0 Å². The monoisotopic (exact) mass is 271 g/mol. The van der Waals surface area contributed by atoms with Crippen LogP contribution in [-0.2, 0) is 14.3 Å². The summed E-state index contributed by atoms with van der Waals surface area (Å²) in [5.41, 5.74) is 0. The molecule has 0 aromatic rings. The molecule has 0 spiro atoms. The average Bonchev–Trinajstić information content (AvgIpc) is 2.37. The van der Waals surface area contributed by atoms with Gasteiger partial charge in [0.1, 0.15) is 0 Å². The lowest BCUT2D eigenvalue weighted by molar-refractivity contribution is -0.139. The van der Waals surface area contributed by atoms with E-state index in [1.54, 1.807) is 4.90 Å². The van der Waals surface area contributed by atoms with Crippen LogP contribution in [0.2, 0.25) is 0 Å². The maximum absolute atomic E-state index is 12.1. The van der Waals surface area contributed by atoms with Crippen LogP contribution in [0.5, 0.6) is 0 Å². The van der Waals surface area contributed by atoms with Crippen LogP contribution in [0.4, 0.5) is 0 Å². The van der Waals surface area contributed by atoms with Gasteiger partial charge in [0.25, 0.3) is 0 Å². The minimum atomic E-state index is -0.867. The summed E-state index contributed by atoms with van der Waals surface area (Å²) in [6, 6.07) is 0.0409. The van der Waals surface area contributed by atoms with Gasteiger partial charge in [0.2, 0.25) is 5.91 Å². The van der Waals surface area contributed by atoms with Crippen molar-refractivity contribution in [2.75, 3.05) is 13.2 Å². The molecular weight excluding hydrogens is 246 g/mol. The van der Waals surface area contributed by atoms with Crippen molar-refractivity contribution in [3.05, 3.63) is 0 Å². The second-order valence-corrected chi connectivity index (χ2v) is 5.35. The minimum Gasteiger partial charge on any atom is -0.481 e. The Bertz CT molecular complexity index is 298. The number of hydrogen-bond donors (Lipinski definition) is 1. The van der Waals surface area contributed by atoms with E-state index in [4.69, 9.17) is 9.84 Å². The van der Waals surface area contributed by atoms with Crippen molar-refractivity contribution >= 4 is 11.9 Å². The fourth-order valence-electron chi connectivity index (χ4n) is 2.35. The Balaban J connectivity index is 2.36. The lowest BCUT2D eigenvalue weighted by Crippen LogP contribution is -2.39. The summed E-state index contributed by atoms with van der Waals surface area (Å²) in [5, 5.41) is 8.70. The first kappa shape index (κ1) is 16.0. The first-order valence-electron chi connectivity index (χ1n) is 7.13. The van der Waals surface area contributed by atoms with Crippen molar-refractivity contribution in [1.29, 1.82) is 0 Å². The Morgan fingerprint density at radius 3 is 2.58 bits per heavy atom. The lowest BCUT2D eigenvalue weighted by Gasteiger charge is -2.28. The SMILES string of the molecule is CC(C)N(CCC(=O)O)C(=O)CCC1CCCCO1. The van der Waals surface area contributed by atoms with Crippen LogP contribution in [-0.4, -0.2) is 47.2 Å². The summed E-state index contributed by atoms with van der Waals surface area (Å²) in [5.74, 6) is -0.834. The third-order valence-corrected chi connectivity index (χ3v) is 3.46. The van der Waals surface area contributed by atoms with Crippen molar-refractivity contribution in [2.24, 2.45) is 0 Å². The van der Waals surface area contributed by atoms with Gasteiger partial charge in [0.05, 0.1) is 12.5 Å². The molecule has 0 aromatic heterocycles. The Kier molecular flexibility index (Phi) is 6.84. The Morgan fingerprint density at radius 2 is 2.05 bits per heavy atom. The number of ether oxygens (including phenoxy) is 1. The van der Waals surface area contributed by atoms with E-state index >= 15 is 0 Å². The summed E-state index contributed by atoms with van der Waals surface area (Å²) in [7, 11) is 0. The number of carbonyl (C=O) groups excluding carboxylic acids is 1. The second-order valence-electron chi connectivity index (χ2n) is 5.35. The molecule has 1 fully saturated rings. The summed E-state index contributed by atoms with van der Waals surface area (Å²) in [4.78, 5) is 24.4. The standard InChI is InChI=1S/C14H25NO4/c1-11(2)15(9-8-14(17)18)13(16)7-6-12-5-3-4-10-19-12/h11-12H,3-10H2,1-2H3,(H,17,18). The van der Waals surface area contributed by atoms with Gasteiger partial charge in [0.15, 0.2) is 0 Å². The van der Waals surface area contributed by atoms with Crippen LogP contribution in [0.3, 0.4) is 0 Å². The van der Waals surface area contributed by atoms with Gasteiger partial charge in [-0.1, -0.05) is 0 Å². The van der Waals surface area contributed by atoms with Crippen molar-refractivity contribution in [1.82, 2.24) is 4.90 Å². The Morgan fingerprint density at radius 1 is 1.32 bits per heavy atom. The summed E-state index contributed by atoms with van der Waals surface area (Å²) in [6.45, 7) is 4.91. The fourth-order valence-corrected chi connectivity index (χ4v) is 2.35. The van der Waals surface area contributed by atoms with Crippen molar-refractivity contribution < 1.29 is 19.4 Å². The summed E-state index contributed by atoms with van der Waals surface area (Å²) >= 11 is 0. The van der Waals surface area contributed by atoms with Gasteiger partial charge in [-0.3, -0.25) is 9.59 Å². The normalized spacial score (nSPS) is 19.4. The van der Waals surface area contributed by atoms with E-state index in [1.807, 2.05) is 13.8 Å². The van der Waals surface area contributed by atoms with Crippen LogP contribution in [0, 0.1) is 0 Å². The predicted octanol–water partition coefficient (Wildman–Crippen LogP) is 2.05. The molecule has 0 radical (unpaired) electrons. The second kappa shape index (κ2) is 8.15. The van der Waals surface area contributed by atoms with Gasteiger partial charge < -0.3 is 14.7 Å². The van der Waals surface area contributed by atoms with Gasteiger partial charge in [-0.05, 0) is 39.5 Å². The van der Waals surface area contributed by atoms with Gasteiger partial charge in [-0.15, -0.1) is 0 Å². The molecule has 1 aliphatic rings. The Labute approximate surface area is 114 Å². The first-order chi connectivity index (χ1) is 9.00. The molecule has 1 aliphatic heterocycles.